The zero-order valence-corrected chi connectivity index (χ0v) is 13.2. The molecule has 1 aromatic carbocycles. The summed E-state index contributed by atoms with van der Waals surface area (Å²) in [6.07, 6.45) is 3.24. The van der Waals surface area contributed by atoms with Crippen LogP contribution in [0.25, 0.3) is 0 Å². The Morgan fingerprint density at radius 2 is 2.00 bits per heavy atom. The maximum absolute atomic E-state index is 12.6. The topological polar surface area (TPSA) is 38.8 Å². The Bertz CT molecular complexity index is 479. The van der Waals surface area contributed by atoms with Crippen molar-refractivity contribution in [3.8, 4) is 5.75 Å². The molecule has 0 N–H and O–H groups in total. The van der Waals surface area contributed by atoms with Gasteiger partial charge in [0.1, 0.15) is 5.75 Å². The molecule has 0 saturated carbocycles. The highest BCUT2D eigenvalue weighted by Crippen LogP contribution is 2.24. The van der Waals surface area contributed by atoms with E-state index in [2.05, 4.69) is 0 Å². The van der Waals surface area contributed by atoms with Crippen LogP contribution in [0.15, 0.2) is 18.2 Å². The van der Waals surface area contributed by atoms with E-state index in [4.69, 9.17) is 9.47 Å². The lowest BCUT2D eigenvalue weighted by Gasteiger charge is -2.32. The number of amides is 1. The van der Waals surface area contributed by atoms with Crippen LogP contribution in [0.3, 0.4) is 0 Å². The summed E-state index contributed by atoms with van der Waals surface area (Å²) in [5, 5.41) is 0. The van der Waals surface area contributed by atoms with Gasteiger partial charge >= 0.3 is 0 Å². The summed E-state index contributed by atoms with van der Waals surface area (Å²) in [7, 11) is 3.38. The van der Waals surface area contributed by atoms with E-state index in [-0.39, 0.29) is 5.91 Å². The monoisotopic (exact) mass is 291 g/mol. The first kappa shape index (κ1) is 15.8. The molecular weight excluding hydrogens is 266 g/mol. The van der Waals surface area contributed by atoms with Crippen LogP contribution in [0.5, 0.6) is 5.75 Å². The standard InChI is InChI=1S/C17H25NO3/c1-13-12-15(21-3)4-5-16(13)17(19)18-9-6-14(7-10-18)8-11-20-2/h4-5,12,14H,6-11H2,1-3H3. The average Bonchev–Trinajstić information content (AvgIpc) is 2.52. The Balaban J connectivity index is 1.95. The average molecular weight is 291 g/mol. The maximum atomic E-state index is 12.6. The second-order valence-electron chi connectivity index (χ2n) is 5.70. The Morgan fingerprint density at radius 3 is 2.57 bits per heavy atom. The summed E-state index contributed by atoms with van der Waals surface area (Å²) >= 11 is 0. The number of benzene rings is 1. The predicted molar refractivity (Wildman–Crippen MR) is 82.9 cm³/mol. The number of methoxy groups -OCH3 is 2. The van der Waals surface area contributed by atoms with Gasteiger partial charge in [0.05, 0.1) is 7.11 Å². The van der Waals surface area contributed by atoms with Crippen LogP contribution in [-0.4, -0.2) is 44.7 Å². The van der Waals surface area contributed by atoms with Crippen molar-refractivity contribution in [2.45, 2.75) is 26.2 Å². The van der Waals surface area contributed by atoms with E-state index >= 15 is 0 Å². The molecule has 0 atom stereocenters. The van der Waals surface area contributed by atoms with Crippen molar-refractivity contribution in [3.63, 3.8) is 0 Å². The highest BCUT2D eigenvalue weighted by atomic mass is 16.5. The van der Waals surface area contributed by atoms with Crippen LogP contribution in [0.1, 0.15) is 35.2 Å². The lowest BCUT2D eigenvalue weighted by atomic mass is 9.93. The molecule has 4 heteroatoms. The molecule has 0 bridgehead atoms. The molecule has 0 aliphatic carbocycles. The van der Waals surface area contributed by atoms with Gasteiger partial charge in [-0.3, -0.25) is 4.79 Å². The molecule has 4 nitrogen and oxygen atoms in total. The maximum Gasteiger partial charge on any atom is 0.254 e. The molecule has 2 rings (SSSR count). The van der Waals surface area contributed by atoms with Crippen LogP contribution in [0.4, 0.5) is 0 Å². The number of piperidine rings is 1. The molecule has 1 aromatic rings. The molecular formula is C17H25NO3. The van der Waals surface area contributed by atoms with Gasteiger partial charge < -0.3 is 14.4 Å². The lowest BCUT2D eigenvalue weighted by Crippen LogP contribution is -2.39. The highest BCUT2D eigenvalue weighted by Gasteiger charge is 2.24. The predicted octanol–water partition coefficient (Wildman–Crippen LogP) is 2.89. The quantitative estimate of drug-likeness (QED) is 0.837. The number of rotatable bonds is 5. The summed E-state index contributed by atoms with van der Waals surface area (Å²) in [6, 6.07) is 5.64. The van der Waals surface area contributed by atoms with E-state index in [1.807, 2.05) is 30.0 Å². The fourth-order valence-corrected chi connectivity index (χ4v) is 2.88. The molecule has 1 saturated heterocycles. The van der Waals surface area contributed by atoms with Crippen molar-refractivity contribution in [2.24, 2.45) is 5.92 Å². The summed E-state index contributed by atoms with van der Waals surface area (Å²) in [5.74, 6) is 1.62. The van der Waals surface area contributed by atoms with Gasteiger partial charge in [0, 0.05) is 32.4 Å². The zero-order chi connectivity index (χ0) is 15.2. The van der Waals surface area contributed by atoms with Gasteiger partial charge in [0.15, 0.2) is 0 Å². The number of nitrogens with zero attached hydrogens (tertiary/aromatic N) is 1. The number of hydrogen-bond donors (Lipinski definition) is 0. The van der Waals surface area contributed by atoms with Gasteiger partial charge in [-0.1, -0.05) is 0 Å². The molecule has 1 amide bonds. The number of hydrogen-bond acceptors (Lipinski definition) is 3. The Morgan fingerprint density at radius 1 is 1.29 bits per heavy atom. The SMILES string of the molecule is COCCC1CCN(C(=O)c2ccc(OC)cc2C)CC1. The number of likely N-dealkylation sites (tertiary alicyclic amines) is 1. The van der Waals surface area contributed by atoms with Crippen molar-refractivity contribution in [3.05, 3.63) is 29.3 Å². The Labute approximate surface area is 127 Å². The fourth-order valence-electron chi connectivity index (χ4n) is 2.88. The van der Waals surface area contributed by atoms with Crippen molar-refractivity contribution in [1.82, 2.24) is 4.90 Å². The van der Waals surface area contributed by atoms with E-state index in [9.17, 15) is 4.79 Å². The molecule has 0 aromatic heterocycles. The Kier molecular flexibility index (Phi) is 5.62. The number of aryl methyl sites for hydroxylation is 1. The fraction of sp³-hybridized carbons (Fsp3) is 0.588. The highest BCUT2D eigenvalue weighted by molar-refractivity contribution is 5.95. The van der Waals surface area contributed by atoms with E-state index < -0.39 is 0 Å². The van der Waals surface area contributed by atoms with E-state index in [0.29, 0.717) is 5.92 Å². The van der Waals surface area contributed by atoms with Gasteiger partial charge in [-0.05, 0) is 55.9 Å². The van der Waals surface area contributed by atoms with E-state index in [1.165, 1.54) is 0 Å². The lowest BCUT2D eigenvalue weighted by molar-refractivity contribution is 0.0669. The minimum absolute atomic E-state index is 0.139. The minimum atomic E-state index is 0.139. The van der Waals surface area contributed by atoms with Gasteiger partial charge in [-0.25, -0.2) is 0 Å². The summed E-state index contributed by atoms with van der Waals surface area (Å²) in [4.78, 5) is 14.6. The second kappa shape index (κ2) is 7.46. The van der Waals surface area contributed by atoms with Crippen molar-refractivity contribution in [2.75, 3.05) is 33.9 Å². The molecule has 1 aliphatic heterocycles. The molecule has 21 heavy (non-hydrogen) atoms. The third kappa shape index (κ3) is 3.97. The third-order valence-corrected chi connectivity index (χ3v) is 4.30. The van der Waals surface area contributed by atoms with Gasteiger partial charge in [0.2, 0.25) is 0 Å². The van der Waals surface area contributed by atoms with Crippen LogP contribution in [-0.2, 0) is 4.74 Å². The van der Waals surface area contributed by atoms with Crippen molar-refractivity contribution < 1.29 is 14.3 Å². The van der Waals surface area contributed by atoms with Crippen LogP contribution < -0.4 is 4.74 Å². The van der Waals surface area contributed by atoms with Crippen LogP contribution in [0.2, 0.25) is 0 Å². The first-order chi connectivity index (χ1) is 10.2. The minimum Gasteiger partial charge on any atom is -0.497 e. The molecule has 1 fully saturated rings. The van der Waals surface area contributed by atoms with Crippen LogP contribution in [0, 0.1) is 12.8 Å². The van der Waals surface area contributed by atoms with Gasteiger partial charge in [-0.15, -0.1) is 0 Å². The smallest absolute Gasteiger partial charge is 0.254 e. The number of carbonyl (C=O) groups excluding carboxylic acids is 1. The molecule has 0 spiro atoms. The van der Waals surface area contributed by atoms with E-state index in [1.54, 1.807) is 14.2 Å². The molecule has 0 unspecified atom stereocenters. The summed E-state index contributed by atoms with van der Waals surface area (Å²) in [5.41, 5.74) is 1.76. The molecule has 1 aliphatic rings. The van der Waals surface area contributed by atoms with Crippen molar-refractivity contribution >= 4 is 5.91 Å². The number of ether oxygens (including phenoxy) is 2. The molecule has 0 radical (unpaired) electrons. The molecule has 1 heterocycles. The first-order valence-electron chi connectivity index (χ1n) is 7.58. The molecule has 116 valence electrons. The number of carbonyl (C=O) groups is 1. The Hall–Kier alpha value is -1.55. The summed E-state index contributed by atoms with van der Waals surface area (Å²) in [6.45, 7) is 4.47. The normalized spacial score (nSPS) is 16.0. The third-order valence-electron chi connectivity index (χ3n) is 4.30. The summed E-state index contributed by atoms with van der Waals surface area (Å²) < 4.78 is 10.3. The van der Waals surface area contributed by atoms with Gasteiger partial charge in [0.25, 0.3) is 5.91 Å². The first-order valence-corrected chi connectivity index (χ1v) is 7.58. The second-order valence-corrected chi connectivity index (χ2v) is 5.70. The van der Waals surface area contributed by atoms with Crippen molar-refractivity contribution in [1.29, 1.82) is 0 Å². The van der Waals surface area contributed by atoms with Crippen LogP contribution >= 0.6 is 0 Å². The zero-order valence-electron chi connectivity index (χ0n) is 13.2. The largest absolute Gasteiger partial charge is 0.497 e. The van der Waals surface area contributed by atoms with Gasteiger partial charge in [-0.2, -0.15) is 0 Å². The van der Waals surface area contributed by atoms with E-state index in [0.717, 1.165) is 55.8 Å².